The minimum Gasteiger partial charge on any atom is -0.497 e. The molecule has 0 aliphatic carbocycles. The molecule has 3 amide bonds. The number of nitrogens with one attached hydrogen (secondary N) is 2. The second-order valence-corrected chi connectivity index (χ2v) is 9.54. The van der Waals surface area contributed by atoms with Gasteiger partial charge in [-0.2, -0.15) is 0 Å². The molecule has 0 bridgehead atoms. The molecule has 0 saturated carbocycles. The number of carbonyl (C=O) groups is 3. The molecule has 0 radical (unpaired) electrons. The predicted octanol–water partition coefficient (Wildman–Crippen LogP) is 4.78. The van der Waals surface area contributed by atoms with Gasteiger partial charge in [-0.3, -0.25) is 19.3 Å². The van der Waals surface area contributed by atoms with Crippen LogP contribution in [0.2, 0.25) is 0 Å². The average molecular weight is 548 g/mol. The van der Waals surface area contributed by atoms with Crippen LogP contribution in [0.3, 0.4) is 0 Å². The van der Waals surface area contributed by atoms with Crippen molar-refractivity contribution in [3.8, 4) is 11.5 Å². The van der Waals surface area contributed by atoms with Crippen LogP contribution < -0.4 is 20.1 Å². The Labute approximate surface area is 231 Å². The number of benzene rings is 3. The zero-order valence-electron chi connectivity index (χ0n) is 21.9. The van der Waals surface area contributed by atoms with E-state index in [0.717, 1.165) is 11.8 Å². The summed E-state index contributed by atoms with van der Waals surface area (Å²) in [5.41, 5.74) is 1.75. The Morgan fingerprint density at radius 2 is 1.69 bits per heavy atom. The van der Waals surface area contributed by atoms with Gasteiger partial charge in [0.1, 0.15) is 22.1 Å². The second kappa shape index (κ2) is 13.0. The lowest BCUT2D eigenvalue weighted by atomic mass is 10.2. The molecule has 3 aromatic rings. The van der Waals surface area contributed by atoms with E-state index >= 15 is 0 Å². The zero-order valence-corrected chi connectivity index (χ0v) is 22.7. The van der Waals surface area contributed by atoms with Crippen LogP contribution in [0.1, 0.15) is 16.8 Å². The minimum absolute atomic E-state index is 0.143. The van der Waals surface area contributed by atoms with Crippen molar-refractivity contribution in [3.05, 3.63) is 89.0 Å². The van der Waals surface area contributed by atoms with Crippen LogP contribution >= 0.6 is 11.8 Å². The summed E-state index contributed by atoms with van der Waals surface area (Å²) in [5, 5.41) is 5.99. The van der Waals surface area contributed by atoms with Crippen LogP contribution in [0.5, 0.6) is 11.5 Å². The molecule has 2 N–H and O–H groups in total. The summed E-state index contributed by atoms with van der Waals surface area (Å²) in [4.78, 5) is 41.6. The monoisotopic (exact) mass is 547 g/mol. The van der Waals surface area contributed by atoms with Gasteiger partial charge in [-0.1, -0.05) is 36.0 Å². The summed E-state index contributed by atoms with van der Waals surface area (Å²) < 4.78 is 15.8. The van der Waals surface area contributed by atoms with E-state index in [1.807, 2.05) is 12.1 Å². The first kappa shape index (κ1) is 27.7. The standard InChI is InChI=1S/C29H29N3O6S/c1-36-16-8-15-32-28(34)25(31-23-14-13-21(37-2)18-24(23)38-3)26(29(32)35)39-22-12-7-11-20(17-22)30-27(33)19-9-5-4-6-10-19/h4-7,9-14,17-18,31H,8,15-16H2,1-3H3,(H,30,33). The maximum atomic E-state index is 13.4. The number of ether oxygens (including phenoxy) is 3. The number of carbonyl (C=O) groups excluding carboxylic acids is 3. The van der Waals surface area contributed by atoms with Gasteiger partial charge in [0, 0.05) is 42.5 Å². The topological polar surface area (TPSA) is 106 Å². The molecule has 10 heteroatoms. The third-order valence-electron chi connectivity index (χ3n) is 5.87. The van der Waals surface area contributed by atoms with Gasteiger partial charge in [0.15, 0.2) is 0 Å². The van der Waals surface area contributed by atoms with E-state index in [2.05, 4.69) is 10.6 Å². The second-order valence-electron chi connectivity index (χ2n) is 8.45. The molecule has 39 heavy (non-hydrogen) atoms. The highest BCUT2D eigenvalue weighted by molar-refractivity contribution is 8.04. The van der Waals surface area contributed by atoms with Crippen molar-refractivity contribution < 1.29 is 28.6 Å². The average Bonchev–Trinajstić information content (AvgIpc) is 3.17. The predicted molar refractivity (Wildman–Crippen MR) is 150 cm³/mol. The molecule has 202 valence electrons. The first-order valence-corrected chi connectivity index (χ1v) is 13.0. The van der Waals surface area contributed by atoms with Gasteiger partial charge < -0.3 is 24.8 Å². The van der Waals surface area contributed by atoms with Crippen LogP contribution in [0, 0.1) is 0 Å². The normalized spacial score (nSPS) is 13.1. The van der Waals surface area contributed by atoms with Gasteiger partial charge in [0.05, 0.1) is 19.9 Å². The number of anilines is 2. The van der Waals surface area contributed by atoms with E-state index in [1.54, 1.807) is 74.9 Å². The Hall–Kier alpha value is -4.28. The first-order valence-electron chi connectivity index (χ1n) is 12.2. The van der Waals surface area contributed by atoms with E-state index in [4.69, 9.17) is 14.2 Å². The van der Waals surface area contributed by atoms with Crippen molar-refractivity contribution >= 4 is 40.9 Å². The Kier molecular flexibility index (Phi) is 9.24. The fourth-order valence-corrected chi connectivity index (χ4v) is 4.92. The van der Waals surface area contributed by atoms with Crippen LogP contribution in [0.15, 0.2) is 88.3 Å². The highest BCUT2D eigenvalue weighted by atomic mass is 32.2. The molecule has 0 atom stereocenters. The van der Waals surface area contributed by atoms with E-state index in [1.165, 1.54) is 12.0 Å². The molecule has 0 spiro atoms. The van der Waals surface area contributed by atoms with E-state index in [-0.39, 0.29) is 23.1 Å². The summed E-state index contributed by atoms with van der Waals surface area (Å²) in [6.45, 7) is 0.630. The van der Waals surface area contributed by atoms with E-state index in [0.29, 0.717) is 46.4 Å². The molecular weight excluding hydrogens is 518 g/mol. The van der Waals surface area contributed by atoms with Gasteiger partial charge in [-0.05, 0) is 48.9 Å². The van der Waals surface area contributed by atoms with Gasteiger partial charge in [0.25, 0.3) is 17.7 Å². The number of hydrogen-bond donors (Lipinski definition) is 2. The third kappa shape index (κ3) is 6.60. The fraction of sp³-hybridized carbons (Fsp3) is 0.207. The van der Waals surface area contributed by atoms with Gasteiger partial charge in [0.2, 0.25) is 0 Å². The molecule has 1 aliphatic rings. The van der Waals surface area contributed by atoms with Gasteiger partial charge in [-0.25, -0.2) is 0 Å². The summed E-state index contributed by atoms with van der Waals surface area (Å²) in [6, 6.07) is 21.1. The number of amides is 3. The Balaban J connectivity index is 1.63. The number of methoxy groups -OCH3 is 3. The van der Waals surface area contributed by atoms with Crippen molar-refractivity contribution in [3.63, 3.8) is 0 Å². The molecule has 0 unspecified atom stereocenters. The van der Waals surface area contributed by atoms with Gasteiger partial charge >= 0.3 is 0 Å². The Morgan fingerprint density at radius 1 is 0.897 bits per heavy atom. The maximum Gasteiger partial charge on any atom is 0.278 e. The molecule has 0 aromatic heterocycles. The number of imide groups is 1. The van der Waals surface area contributed by atoms with E-state index < -0.39 is 11.8 Å². The van der Waals surface area contributed by atoms with Crippen LogP contribution in [0.25, 0.3) is 0 Å². The third-order valence-corrected chi connectivity index (χ3v) is 6.94. The molecule has 0 fully saturated rings. The van der Waals surface area contributed by atoms with E-state index in [9.17, 15) is 14.4 Å². The summed E-state index contributed by atoms with van der Waals surface area (Å²) in [7, 11) is 4.63. The van der Waals surface area contributed by atoms with Crippen LogP contribution in [-0.2, 0) is 14.3 Å². The summed E-state index contributed by atoms with van der Waals surface area (Å²) >= 11 is 1.15. The lowest BCUT2D eigenvalue weighted by molar-refractivity contribution is -0.137. The summed E-state index contributed by atoms with van der Waals surface area (Å²) in [6.07, 6.45) is 0.506. The Morgan fingerprint density at radius 3 is 2.41 bits per heavy atom. The Bertz CT molecular complexity index is 1390. The lowest BCUT2D eigenvalue weighted by Crippen LogP contribution is -2.33. The molecule has 4 rings (SSSR count). The lowest BCUT2D eigenvalue weighted by Gasteiger charge is -2.15. The number of nitrogens with zero attached hydrogens (tertiary/aromatic N) is 1. The van der Waals surface area contributed by atoms with Crippen molar-refractivity contribution in [1.29, 1.82) is 0 Å². The van der Waals surface area contributed by atoms with Crippen molar-refractivity contribution in [2.24, 2.45) is 0 Å². The highest BCUT2D eigenvalue weighted by Gasteiger charge is 2.39. The summed E-state index contributed by atoms with van der Waals surface area (Å²) in [5.74, 6) is -0.0533. The largest absolute Gasteiger partial charge is 0.497 e. The fourth-order valence-electron chi connectivity index (χ4n) is 3.91. The number of thioether (sulfide) groups is 1. The van der Waals surface area contributed by atoms with Crippen LogP contribution in [0.4, 0.5) is 11.4 Å². The minimum atomic E-state index is -0.440. The highest BCUT2D eigenvalue weighted by Crippen LogP contribution is 2.38. The first-order chi connectivity index (χ1) is 18.9. The molecular formula is C29H29N3O6S. The molecule has 9 nitrogen and oxygen atoms in total. The number of rotatable bonds is 12. The smallest absolute Gasteiger partial charge is 0.278 e. The van der Waals surface area contributed by atoms with Crippen molar-refractivity contribution in [1.82, 2.24) is 4.90 Å². The molecule has 0 saturated heterocycles. The SMILES string of the molecule is COCCCN1C(=O)C(Nc2ccc(OC)cc2OC)=C(Sc2cccc(NC(=O)c3ccccc3)c2)C1=O. The van der Waals surface area contributed by atoms with Crippen molar-refractivity contribution in [2.75, 3.05) is 45.1 Å². The van der Waals surface area contributed by atoms with Crippen LogP contribution in [-0.4, -0.2) is 57.1 Å². The molecule has 1 aliphatic heterocycles. The van der Waals surface area contributed by atoms with Crippen molar-refractivity contribution in [2.45, 2.75) is 11.3 Å². The van der Waals surface area contributed by atoms with Gasteiger partial charge in [-0.15, -0.1) is 0 Å². The molecule has 1 heterocycles. The number of hydrogen-bond acceptors (Lipinski definition) is 8. The maximum absolute atomic E-state index is 13.4. The molecule has 3 aromatic carbocycles. The quantitative estimate of drug-likeness (QED) is 0.247. The zero-order chi connectivity index (χ0) is 27.8.